The Kier molecular flexibility index (Phi) is 9.99. The molecule has 2 aliphatic heterocycles. The van der Waals surface area contributed by atoms with E-state index in [0.717, 1.165) is 0 Å². The maximum absolute atomic E-state index is 13.5. The number of methoxy groups -OCH3 is 4. The summed E-state index contributed by atoms with van der Waals surface area (Å²) in [6.45, 7) is -1.06. The van der Waals surface area contributed by atoms with Crippen molar-refractivity contribution in [3.05, 3.63) is 35.4 Å². The summed E-state index contributed by atoms with van der Waals surface area (Å²) >= 11 is 0. The molecule has 6 N–H and O–H groups in total. The van der Waals surface area contributed by atoms with Gasteiger partial charge in [0.05, 0.1) is 53.7 Å². The van der Waals surface area contributed by atoms with Gasteiger partial charge in [0.15, 0.2) is 28.8 Å². The topological polar surface area (TPSA) is 203 Å². The van der Waals surface area contributed by atoms with Crippen LogP contribution >= 0.6 is 0 Å². The van der Waals surface area contributed by atoms with Crippen LogP contribution in [-0.4, -0.2) is 115 Å². The van der Waals surface area contributed by atoms with Crippen molar-refractivity contribution >= 4 is 5.78 Å². The number of aliphatic hydroxyl groups excluding tert-OH is 5. The SMILES string of the molecule is COc1cc(C(=O)[C@@H]2CO[C@@H](c3cc(OC)c(O[C@@H]4O[C@H](CO)[C@@H](O)[C@@H](O)[C@H]4O)c(OC)c3)[C@H]2CO)cc(OC)c1O. The molecule has 0 bridgehead atoms. The largest absolute Gasteiger partial charge is 0.502 e. The zero-order chi connectivity index (χ0) is 30.7. The number of phenols is 1. The van der Waals surface area contributed by atoms with Crippen molar-refractivity contribution in [1.29, 1.82) is 0 Å². The van der Waals surface area contributed by atoms with Crippen LogP contribution in [0.4, 0.5) is 0 Å². The molecular weight excluding hydrogens is 560 g/mol. The predicted octanol–water partition coefficient (Wildman–Crippen LogP) is -0.216. The highest BCUT2D eigenvalue weighted by atomic mass is 16.7. The van der Waals surface area contributed by atoms with Gasteiger partial charge in [0.1, 0.15) is 24.4 Å². The lowest BCUT2D eigenvalue weighted by Crippen LogP contribution is -2.60. The maximum Gasteiger partial charge on any atom is 0.229 e. The molecule has 14 heteroatoms. The minimum atomic E-state index is -1.67. The Balaban J connectivity index is 1.63. The van der Waals surface area contributed by atoms with E-state index in [1.54, 1.807) is 12.1 Å². The number of carbonyl (C=O) groups excluding carboxylic acids is 1. The minimum Gasteiger partial charge on any atom is -0.502 e. The Morgan fingerprint density at radius 1 is 0.833 bits per heavy atom. The summed E-state index contributed by atoms with van der Waals surface area (Å²) in [5.41, 5.74) is 0.688. The second-order valence-electron chi connectivity index (χ2n) is 9.87. The molecule has 2 aromatic carbocycles. The van der Waals surface area contributed by atoms with Gasteiger partial charge in [-0.1, -0.05) is 0 Å². The molecule has 2 heterocycles. The molecule has 2 aliphatic rings. The van der Waals surface area contributed by atoms with E-state index in [1.165, 1.54) is 40.6 Å². The number of hydrogen-bond acceptors (Lipinski definition) is 14. The molecule has 0 unspecified atom stereocenters. The lowest BCUT2D eigenvalue weighted by atomic mass is 9.83. The van der Waals surface area contributed by atoms with E-state index in [0.29, 0.717) is 5.56 Å². The average Bonchev–Trinajstić information content (AvgIpc) is 3.45. The first-order chi connectivity index (χ1) is 20.1. The van der Waals surface area contributed by atoms with E-state index in [2.05, 4.69) is 0 Å². The van der Waals surface area contributed by atoms with E-state index in [1.807, 2.05) is 0 Å². The molecule has 0 amide bonds. The van der Waals surface area contributed by atoms with Crippen molar-refractivity contribution in [1.82, 2.24) is 0 Å². The average molecular weight is 597 g/mol. The van der Waals surface area contributed by atoms with Crippen molar-refractivity contribution in [3.63, 3.8) is 0 Å². The summed E-state index contributed by atoms with van der Waals surface area (Å²) in [7, 11) is 5.41. The molecule has 2 aromatic rings. The number of aliphatic hydroxyl groups is 5. The summed E-state index contributed by atoms with van der Waals surface area (Å²) in [5, 5.41) is 60.7. The highest BCUT2D eigenvalue weighted by Crippen LogP contribution is 2.47. The fourth-order valence-electron chi connectivity index (χ4n) is 5.21. The third-order valence-electron chi connectivity index (χ3n) is 7.57. The summed E-state index contributed by atoms with van der Waals surface area (Å²) in [5.74, 6) is -1.72. The molecule has 2 saturated heterocycles. The molecule has 2 fully saturated rings. The second kappa shape index (κ2) is 13.3. The Morgan fingerprint density at radius 2 is 1.40 bits per heavy atom. The number of hydrogen-bond donors (Lipinski definition) is 6. The number of benzene rings is 2. The fraction of sp³-hybridized carbons (Fsp3) is 0.536. The lowest BCUT2D eigenvalue weighted by Gasteiger charge is -2.39. The minimum absolute atomic E-state index is 0.0115. The number of phenolic OH excluding ortho intramolecular Hbond substituents is 1. The molecular formula is C28H36O14. The van der Waals surface area contributed by atoms with Gasteiger partial charge in [0, 0.05) is 18.1 Å². The van der Waals surface area contributed by atoms with Gasteiger partial charge in [-0.05, 0) is 29.8 Å². The zero-order valence-electron chi connectivity index (χ0n) is 23.5. The van der Waals surface area contributed by atoms with Crippen molar-refractivity contribution in [2.45, 2.75) is 36.8 Å². The van der Waals surface area contributed by atoms with Gasteiger partial charge in [-0.3, -0.25) is 4.79 Å². The Labute approximate surface area is 241 Å². The van der Waals surface area contributed by atoms with E-state index in [4.69, 9.17) is 33.2 Å². The standard InChI is InChI=1S/C28H36O14/c1-36-16-5-12(6-17(37-2)22(16)32)21(31)15-11-40-26(14(15)9-29)13-7-18(38-3)27(19(8-13)39-4)42-28-25(35)24(34)23(33)20(10-30)41-28/h5-8,14-15,20,23-26,28-30,32-35H,9-11H2,1-4H3/t14-,15+,20+,23+,24+,25+,26-,28-/m0/s1. The smallest absolute Gasteiger partial charge is 0.229 e. The first-order valence-corrected chi connectivity index (χ1v) is 13.1. The number of ether oxygens (including phenoxy) is 7. The third-order valence-corrected chi connectivity index (χ3v) is 7.57. The van der Waals surface area contributed by atoms with Crippen LogP contribution in [0.3, 0.4) is 0 Å². The molecule has 0 aliphatic carbocycles. The number of carbonyl (C=O) groups is 1. The van der Waals surface area contributed by atoms with Crippen LogP contribution in [0.5, 0.6) is 34.5 Å². The summed E-state index contributed by atoms with van der Waals surface area (Å²) < 4.78 is 38.6. The molecule has 42 heavy (non-hydrogen) atoms. The molecule has 0 aromatic heterocycles. The van der Waals surface area contributed by atoms with Crippen LogP contribution in [0, 0.1) is 11.8 Å². The first-order valence-electron chi connectivity index (χ1n) is 13.1. The Bertz CT molecular complexity index is 1200. The van der Waals surface area contributed by atoms with Crippen molar-refractivity contribution in [2.75, 3.05) is 48.3 Å². The van der Waals surface area contributed by atoms with Crippen LogP contribution in [-0.2, 0) is 9.47 Å². The monoisotopic (exact) mass is 596 g/mol. The quantitative estimate of drug-likeness (QED) is 0.186. The van der Waals surface area contributed by atoms with Crippen LogP contribution in [0.2, 0.25) is 0 Å². The molecule has 0 spiro atoms. The highest BCUT2D eigenvalue weighted by Gasteiger charge is 2.46. The van der Waals surface area contributed by atoms with Crippen molar-refractivity contribution < 1.29 is 68.6 Å². The van der Waals surface area contributed by atoms with Gasteiger partial charge in [-0.2, -0.15) is 0 Å². The van der Waals surface area contributed by atoms with E-state index in [9.17, 15) is 35.4 Å². The number of Topliss-reactive ketones (excluding diaryl/α,β-unsaturated/α-hetero) is 1. The van der Waals surface area contributed by atoms with E-state index in [-0.39, 0.29) is 52.5 Å². The molecule has 232 valence electrons. The molecule has 8 atom stereocenters. The third kappa shape index (κ3) is 5.79. The Morgan fingerprint density at radius 3 is 1.90 bits per heavy atom. The zero-order valence-corrected chi connectivity index (χ0v) is 23.5. The molecule has 14 nitrogen and oxygen atoms in total. The van der Waals surface area contributed by atoms with Crippen molar-refractivity contribution in [3.8, 4) is 34.5 Å². The number of aromatic hydroxyl groups is 1. The van der Waals surface area contributed by atoms with Crippen LogP contribution < -0.4 is 23.7 Å². The molecule has 0 radical (unpaired) electrons. The lowest BCUT2D eigenvalue weighted by molar-refractivity contribution is -0.277. The fourth-order valence-corrected chi connectivity index (χ4v) is 5.21. The van der Waals surface area contributed by atoms with Crippen molar-refractivity contribution in [2.24, 2.45) is 11.8 Å². The van der Waals surface area contributed by atoms with Gasteiger partial charge in [0.2, 0.25) is 17.8 Å². The van der Waals surface area contributed by atoms with Gasteiger partial charge in [-0.25, -0.2) is 0 Å². The first kappa shape index (κ1) is 31.6. The van der Waals surface area contributed by atoms with Crippen LogP contribution in [0.15, 0.2) is 24.3 Å². The van der Waals surface area contributed by atoms with Gasteiger partial charge < -0.3 is 63.8 Å². The summed E-state index contributed by atoms with van der Waals surface area (Å²) in [6, 6.07) is 5.88. The summed E-state index contributed by atoms with van der Waals surface area (Å²) in [6.07, 6.45) is -8.34. The normalized spacial score (nSPS) is 29.2. The Hall–Kier alpha value is -3.37. The molecule has 0 saturated carbocycles. The van der Waals surface area contributed by atoms with Crippen LogP contribution in [0.1, 0.15) is 22.0 Å². The van der Waals surface area contributed by atoms with Gasteiger partial charge in [-0.15, -0.1) is 0 Å². The second-order valence-corrected chi connectivity index (χ2v) is 9.87. The number of rotatable bonds is 11. The van der Waals surface area contributed by atoms with Gasteiger partial charge in [0.25, 0.3) is 0 Å². The van der Waals surface area contributed by atoms with Gasteiger partial charge >= 0.3 is 0 Å². The number of ketones is 1. The van der Waals surface area contributed by atoms with E-state index < -0.39 is 61.9 Å². The molecule has 4 rings (SSSR count). The van der Waals surface area contributed by atoms with Crippen LogP contribution in [0.25, 0.3) is 0 Å². The van der Waals surface area contributed by atoms with E-state index >= 15 is 0 Å². The summed E-state index contributed by atoms with van der Waals surface area (Å²) in [4.78, 5) is 13.5. The maximum atomic E-state index is 13.5. The highest BCUT2D eigenvalue weighted by molar-refractivity contribution is 5.99. The predicted molar refractivity (Wildman–Crippen MR) is 142 cm³/mol.